The molecule has 0 atom stereocenters. The van der Waals surface area contributed by atoms with Crippen LogP contribution in [0.2, 0.25) is 0 Å². The van der Waals surface area contributed by atoms with E-state index in [4.69, 9.17) is 0 Å². The maximum absolute atomic E-state index is 2.99. The van der Waals surface area contributed by atoms with Gasteiger partial charge in [-0.1, -0.05) is 0 Å². The van der Waals surface area contributed by atoms with E-state index in [0.29, 0.717) is 0 Å². The Hall–Kier alpha value is 0.150. The van der Waals surface area contributed by atoms with Crippen LogP contribution in [0.15, 0.2) is 36.5 Å². The zero-order chi connectivity index (χ0) is 12.9. The van der Waals surface area contributed by atoms with Crippen molar-refractivity contribution in [3.8, 4) is 0 Å². The number of hydrogen-bond donors (Lipinski definition) is 0. The Bertz CT molecular complexity index is 320. The van der Waals surface area contributed by atoms with Crippen LogP contribution in [-0.4, -0.2) is 6.51 Å². The standard InChI is InChI=1S/2C5H5.2C3H6.2ClH.Hf/c2*1-2-4-5-3-1;2*1-3-2;;;/h2*1-3H,4H2;2*1-2H3;2*1H;/q2*-1;;;;;/p-2. The summed E-state index contributed by atoms with van der Waals surface area (Å²) in [6.45, 7) is 8.98. The molecule has 0 spiro atoms. The third-order valence-electron chi connectivity index (χ3n) is 1.67. The Morgan fingerprint density at radius 1 is 0.789 bits per heavy atom. The van der Waals surface area contributed by atoms with E-state index in [0.717, 1.165) is 12.8 Å². The summed E-state index contributed by atoms with van der Waals surface area (Å²) in [6, 6.07) is 0. The molecule has 0 N–H and O–H groups in total. The third-order valence-corrected chi connectivity index (χ3v) is 5.26. The average molecular weight is 464 g/mol. The number of hydrogen-bond acceptors (Lipinski definition) is 0. The molecule has 0 unspecified atom stereocenters. The van der Waals surface area contributed by atoms with Gasteiger partial charge in [0, 0.05) is 0 Å². The Morgan fingerprint density at radius 2 is 1.16 bits per heavy atom. The summed E-state index contributed by atoms with van der Waals surface area (Å²) in [7, 11) is 0. The molecule has 2 rings (SSSR count). The second-order valence-electron chi connectivity index (χ2n) is 4.13. The predicted molar refractivity (Wildman–Crippen MR) is 75.9 cm³/mol. The smallest absolute Gasteiger partial charge is 0.109 e. The molecule has 0 aromatic rings. The van der Waals surface area contributed by atoms with Crippen molar-refractivity contribution >= 4 is 6.51 Å². The van der Waals surface area contributed by atoms with Crippen LogP contribution in [0.5, 0.6) is 0 Å². The van der Waals surface area contributed by atoms with Crippen LogP contribution >= 0.6 is 0 Å². The maximum Gasteiger partial charge on any atom is -0.109 e. The molecule has 0 saturated heterocycles. The molecule has 0 bridgehead atoms. The average Bonchev–Trinajstić information content (AvgIpc) is 2.96. The topological polar surface area (TPSA) is 0 Å². The minimum absolute atomic E-state index is 0. The van der Waals surface area contributed by atoms with Gasteiger partial charge in [-0.25, -0.2) is 24.3 Å². The minimum Gasteiger partial charge on any atom is -1.00 e. The molecule has 0 radical (unpaired) electrons. The summed E-state index contributed by atoms with van der Waals surface area (Å²) in [4.78, 5) is 0. The van der Waals surface area contributed by atoms with Crippen LogP contribution in [0.4, 0.5) is 0 Å². The molecule has 0 aromatic heterocycles. The van der Waals surface area contributed by atoms with Crippen LogP contribution in [0.1, 0.15) is 40.5 Å². The number of halogens is 2. The van der Waals surface area contributed by atoms with Crippen molar-refractivity contribution in [1.82, 2.24) is 0 Å². The maximum atomic E-state index is 2.99. The van der Waals surface area contributed by atoms with Gasteiger partial charge in [0.15, 0.2) is 0 Å². The van der Waals surface area contributed by atoms with Crippen molar-refractivity contribution in [3.63, 3.8) is 0 Å². The van der Waals surface area contributed by atoms with Gasteiger partial charge in [-0.15, -0.1) is 12.8 Å². The summed E-state index contributed by atoms with van der Waals surface area (Å²) in [5.41, 5.74) is 0. The fourth-order valence-electron chi connectivity index (χ4n) is 1.18. The molecule has 0 heterocycles. The van der Waals surface area contributed by atoms with Crippen molar-refractivity contribution in [2.75, 3.05) is 0 Å². The molecule has 0 nitrogen and oxygen atoms in total. The Labute approximate surface area is 141 Å². The van der Waals surface area contributed by atoms with E-state index in [1.807, 2.05) is 24.3 Å². The number of allylic oxidation sites excluding steroid dienone is 8. The van der Waals surface area contributed by atoms with E-state index in [1.165, 1.54) is 0 Å². The quantitative estimate of drug-likeness (QED) is 0.291. The van der Waals surface area contributed by atoms with Gasteiger partial charge in [0.1, 0.15) is 0 Å². The summed E-state index contributed by atoms with van der Waals surface area (Å²) >= 11 is -0.318. The molecule has 2 aliphatic rings. The van der Waals surface area contributed by atoms with Crippen LogP contribution in [0.3, 0.4) is 0 Å². The first kappa shape index (κ1) is 24.2. The predicted octanol–water partition coefficient (Wildman–Crippen LogP) is -1.89. The van der Waals surface area contributed by atoms with E-state index in [-0.39, 0.29) is 46.8 Å². The molecule has 0 amide bonds. The van der Waals surface area contributed by atoms with E-state index in [1.54, 1.807) is 6.51 Å². The number of rotatable bonds is 0. The Morgan fingerprint density at radius 3 is 1.21 bits per heavy atom. The van der Waals surface area contributed by atoms with Crippen molar-refractivity contribution in [2.45, 2.75) is 40.5 Å². The molecule has 19 heavy (non-hydrogen) atoms. The monoisotopic (exact) mass is 464 g/mol. The van der Waals surface area contributed by atoms with Crippen LogP contribution in [0.25, 0.3) is 0 Å². The van der Waals surface area contributed by atoms with Gasteiger partial charge in [0.25, 0.3) is 0 Å². The first-order valence-electron chi connectivity index (χ1n) is 5.93. The molecule has 108 valence electrons. The zero-order valence-electron chi connectivity index (χ0n) is 12.1. The van der Waals surface area contributed by atoms with Gasteiger partial charge in [-0.05, 0) is 0 Å². The fraction of sp³-hybridized carbons (Fsp3) is 0.375. The van der Waals surface area contributed by atoms with Crippen molar-refractivity contribution in [1.29, 1.82) is 0 Å². The van der Waals surface area contributed by atoms with E-state index in [9.17, 15) is 0 Å². The summed E-state index contributed by atoms with van der Waals surface area (Å²) in [6.07, 6.45) is 20.0. The zero-order valence-corrected chi connectivity index (χ0v) is 17.2. The van der Waals surface area contributed by atoms with Crippen LogP contribution < -0.4 is 24.8 Å². The van der Waals surface area contributed by atoms with Crippen LogP contribution in [-0.2, 0) is 21.9 Å². The first-order chi connectivity index (χ1) is 8.13. The van der Waals surface area contributed by atoms with E-state index < -0.39 is 0 Å². The molecule has 3 heteroatoms. The van der Waals surface area contributed by atoms with Gasteiger partial charge in [-0.2, -0.15) is 12.2 Å². The second-order valence-corrected chi connectivity index (χ2v) is 12.2. The van der Waals surface area contributed by atoms with Crippen molar-refractivity contribution in [2.24, 2.45) is 0 Å². The van der Waals surface area contributed by atoms with Crippen LogP contribution in [0, 0.1) is 12.2 Å². The SMILES string of the molecule is C[C](C)=[Hf]=[C](C)C.[C-]1=CC=CC1.[C-]1=CC=CC1.[Cl-].[Cl-]. The van der Waals surface area contributed by atoms with Gasteiger partial charge in [0.2, 0.25) is 0 Å². The second kappa shape index (κ2) is 18.2. The normalized spacial score (nSPS) is 12.0. The summed E-state index contributed by atoms with van der Waals surface area (Å²) < 4.78 is 3.39. The summed E-state index contributed by atoms with van der Waals surface area (Å²) in [5.74, 6) is 0. The molecule has 0 saturated carbocycles. The molecular formula is C16H22Cl2Hf-4. The minimum atomic E-state index is -0.318. The first-order valence-corrected chi connectivity index (χ1v) is 9.53. The van der Waals surface area contributed by atoms with Gasteiger partial charge in [0.05, 0.1) is 0 Å². The fourth-order valence-corrected chi connectivity index (χ4v) is 4.77. The van der Waals surface area contributed by atoms with E-state index in [2.05, 4.69) is 52.0 Å². The largest absolute Gasteiger partial charge is 1.00 e. The van der Waals surface area contributed by atoms with Crippen molar-refractivity contribution < 1.29 is 46.8 Å². The molecule has 0 fully saturated rings. The van der Waals surface area contributed by atoms with Gasteiger partial charge < -0.3 is 24.8 Å². The van der Waals surface area contributed by atoms with E-state index >= 15 is 0 Å². The molecule has 0 aliphatic heterocycles. The van der Waals surface area contributed by atoms with Crippen molar-refractivity contribution in [3.05, 3.63) is 48.6 Å². The summed E-state index contributed by atoms with van der Waals surface area (Å²) in [5, 5.41) is 0. The Kier molecular flexibility index (Phi) is 23.1. The molecule has 0 aromatic carbocycles. The molecule has 2 aliphatic carbocycles. The van der Waals surface area contributed by atoms with Gasteiger partial charge in [-0.3, -0.25) is 12.2 Å². The molecular weight excluding hydrogens is 442 g/mol. The Balaban J connectivity index is -0.000000194. The third kappa shape index (κ3) is 23.6. The van der Waals surface area contributed by atoms with Gasteiger partial charge >= 0.3 is 56.1 Å².